The Kier molecular flexibility index (Phi) is 2.35. The second-order valence-corrected chi connectivity index (χ2v) is 2.90. The van der Waals surface area contributed by atoms with E-state index in [1.165, 1.54) is 11.3 Å². The predicted octanol–water partition coefficient (Wildman–Crippen LogP) is 0.397. The molecule has 0 unspecified atom stereocenters. The van der Waals surface area contributed by atoms with Gasteiger partial charge in [0.2, 0.25) is 6.41 Å². The highest BCUT2D eigenvalue weighted by atomic mass is 32.1. The molecule has 0 atom stereocenters. The van der Waals surface area contributed by atoms with E-state index in [0.717, 1.165) is 5.01 Å². The molecular formula is C6H6N2O2S. The molecule has 1 aromatic heterocycles. The van der Waals surface area contributed by atoms with Gasteiger partial charge in [-0.15, -0.1) is 11.3 Å². The summed E-state index contributed by atoms with van der Waals surface area (Å²) in [7, 11) is 0. The van der Waals surface area contributed by atoms with Crippen molar-refractivity contribution >= 4 is 29.0 Å². The van der Waals surface area contributed by atoms with E-state index in [9.17, 15) is 9.59 Å². The zero-order valence-corrected chi connectivity index (χ0v) is 6.38. The van der Waals surface area contributed by atoms with Gasteiger partial charge in [-0.25, -0.2) is 10.9 Å². The molecule has 0 radical (unpaired) electrons. The second kappa shape index (κ2) is 3.27. The molecule has 0 fully saturated rings. The van der Waals surface area contributed by atoms with E-state index in [0.29, 0.717) is 22.6 Å². The number of nitrogens with zero attached hydrogens (tertiary/aromatic N) is 1. The zero-order valence-electron chi connectivity index (χ0n) is 5.56. The number of nitrogens with two attached hydrogens (primary N) is 1. The molecule has 11 heavy (non-hydrogen) atoms. The lowest BCUT2D eigenvalue weighted by Gasteiger charge is -2.03. The Morgan fingerprint density at radius 1 is 1.45 bits per heavy atom. The van der Waals surface area contributed by atoms with Gasteiger partial charge in [-0.05, 0) is 12.1 Å². The van der Waals surface area contributed by atoms with Crippen LogP contribution < -0.4 is 10.9 Å². The molecule has 4 nitrogen and oxygen atoms in total. The van der Waals surface area contributed by atoms with Crippen molar-refractivity contribution < 1.29 is 9.59 Å². The fourth-order valence-corrected chi connectivity index (χ4v) is 1.31. The van der Waals surface area contributed by atoms with Crippen LogP contribution in [0.2, 0.25) is 0 Å². The summed E-state index contributed by atoms with van der Waals surface area (Å²) in [5, 5.41) is 1.49. The Morgan fingerprint density at radius 3 is 2.64 bits per heavy atom. The zero-order chi connectivity index (χ0) is 8.27. The molecule has 0 saturated carbocycles. The number of amides is 1. The quantitative estimate of drug-likeness (QED) is 0.309. The summed E-state index contributed by atoms with van der Waals surface area (Å²) in [5.74, 6) is 5.22. The lowest BCUT2D eigenvalue weighted by Crippen LogP contribution is -2.27. The molecule has 0 aromatic carbocycles. The number of thiophene rings is 1. The summed E-state index contributed by atoms with van der Waals surface area (Å²) < 4.78 is 0. The molecule has 0 aliphatic heterocycles. The van der Waals surface area contributed by atoms with Crippen molar-refractivity contribution in [3.63, 3.8) is 0 Å². The van der Waals surface area contributed by atoms with E-state index >= 15 is 0 Å². The molecule has 0 spiro atoms. The fraction of sp³-hybridized carbons (Fsp3) is 0. The normalized spacial score (nSPS) is 9.18. The van der Waals surface area contributed by atoms with Gasteiger partial charge in [-0.2, -0.15) is 0 Å². The highest BCUT2D eigenvalue weighted by Gasteiger charge is 2.02. The maximum absolute atomic E-state index is 10.2. The van der Waals surface area contributed by atoms with E-state index in [-0.39, 0.29) is 0 Å². The maximum Gasteiger partial charge on any atom is 0.229 e. The van der Waals surface area contributed by atoms with E-state index in [2.05, 4.69) is 0 Å². The van der Waals surface area contributed by atoms with Gasteiger partial charge in [0.15, 0.2) is 6.29 Å². The second-order valence-electron chi connectivity index (χ2n) is 1.81. The molecule has 58 valence electrons. The number of hydrogen-bond acceptors (Lipinski definition) is 4. The number of rotatable bonds is 3. The number of hydrogen-bond donors (Lipinski definition) is 1. The first kappa shape index (κ1) is 7.90. The van der Waals surface area contributed by atoms with Crippen molar-refractivity contribution in [2.24, 2.45) is 5.84 Å². The van der Waals surface area contributed by atoms with Crippen molar-refractivity contribution in [2.75, 3.05) is 5.01 Å². The average molecular weight is 170 g/mol. The molecule has 0 bridgehead atoms. The number of carbonyl (C=O) groups is 2. The first-order valence-electron chi connectivity index (χ1n) is 2.82. The molecular weight excluding hydrogens is 164 g/mol. The monoisotopic (exact) mass is 170 g/mol. The molecule has 5 heteroatoms. The molecule has 2 N–H and O–H groups in total. The van der Waals surface area contributed by atoms with Crippen LogP contribution in [0.3, 0.4) is 0 Å². The highest BCUT2D eigenvalue weighted by Crippen LogP contribution is 2.21. The summed E-state index contributed by atoms with van der Waals surface area (Å²) >= 11 is 1.17. The summed E-state index contributed by atoms with van der Waals surface area (Å²) in [6.07, 6.45) is 1.20. The summed E-state index contributed by atoms with van der Waals surface area (Å²) in [5.41, 5.74) is 0. The van der Waals surface area contributed by atoms with Crippen LogP contribution in [-0.2, 0) is 4.79 Å². The van der Waals surface area contributed by atoms with Crippen molar-refractivity contribution in [3.05, 3.63) is 17.0 Å². The SMILES string of the molecule is NN(C=O)c1ccc(C=O)s1. The average Bonchev–Trinajstić information content (AvgIpc) is 2.50. The maximum atomic E-state index is 10.2. The number of anilines is 1. The fourth-order valence-electron chi connectivity index (χ4n) is 0.596. The first-order chi connectivity index (χ1) is 5.27. The molecule has 0 saturated heterocycles. The van der Waals surface area contributed by atoms with Crippen LogP contribution in [0.5, 0.6) is 0 Å². The lowest BCUT2D eigenvalue weighted by molar-refractivity contribution is -0.107. The van der Waals surface area contributed by atoms with Crippen molar-refractivity contribution in [2.45, 2.75) is 0 Å². The van der Waals surface area contributed by atoms with Gasteiger partial charge >= 0.3 is 0 Å². The molecule has 1 heterocycles. The Morgan fingerprint density at radius 2 is 2.18 bits per heavy atom. The standard InChI is InChI=1S/C6H6N2O2S/c7-8(4-10)6-2-1-5(3-9)11-6/h1-4H,7H2. The van der Waals surface area contributed by atoms with Gasteiger partial charge in [0.1, 0.15) is 5.00 Å². The van der Waals surface area contributed by atoms with E-state index in [4.69, 9.17) is 5.84 Å². The number of hydrazine groups is 1. The Balaban J connectivity index is 2.87. The van der Waals surface area contributed by atoms with Crippen LogP contribution in [0.1, 0.15) is 9.67 Å². The van der Waals surface area contributed by atoms with Gasteiger partial charge in [-0.1, -0.05) is 0 Å². The Bertz CT molecular complexity index is 271. The van der Waals surface area contributed by atoms with Gasteiger partial charge < -0.3 is 0 Å². The van der Waals surface area contributed by atoms with Crippen LogP contribution >= 0.6 is 11.3 Å². The summed E-state index contributed by atoms with van der Waals surface area (Å²) in [4.78, 5) is 20.9. The van der Waals surface area contributed by atoms with Crippen LogP contribution in [0.15, 0.2) is 12.1 Å². The predicted molar refractivity (Wildman–Crippen MR) is 42.4 cm³/mol. The topological polar surface area (TPSA) is 63.4 Å². The van der Waals surface area contributed by atoms with E-state index in [1.54, 1.807) is 12.1 Å². The van der Waals surface area contributed by atoms with Crippen LogP contribution in [0.25, 0.3) is 0 Å². The van der Waals surface area contributed by atoms with Crippen LogP contribution in [0, 0.1) is 0 Å². The van der Waals surface area contributed by atoms with Gasteiger partial charge in [0.05, 0.1) is 4.88 Å². The van der Waals surface area contributed by atoms with Gasteiger partial charge in [-0.3, -0.25) is 9.59 Å². The molecule has 1 amide bonds. The van der Waals surface area contributed by atoms with Gasteiger partial charge in [0.25, 0.3) is 0 Å². The minimum Gasteiger partial charge on any atom is -0.297 e. The lowest BCUT2D eigenvalue weighted by atomic mass is 10.5. The summed E-state index contributed by atoms with van der Waals surface area (Å²) in [6.45, 7) is 0. The van der Waals surface area contributed by atoms with Crippen molar-refractivity contribution in [1.82, 2.24) is 0 Å². The van der Waals surface area contributed by atoms with Gasteiger partial charge in [0, 0.05) is 0 Å². The number of carbonyl (C=O) groups excluding carboxylic acids is 2. The van der Waals surface area contributed by atoms with Crippen molar-refractivity contribution in [1.29, 1.82) is 0 Å². The molecule has 0 aliphatic rings. The first-order valence-corrected chi connectivity index (χ1v) is 3.64. The third-order valence-electron chi connectivity index (χ3n) is 1.10. The molecule has 0 aliphatic carbocycles. The minimum atomic E-state index is 0.487. The highest BCUT2D eigenvalue weighted by molar-refractivity contribution is 7.17. The van der Waals surface area contributed by atoms with Crippen LogP contribution in [-0.4, -0.2) is 12.7 Å². The third-order valence-corrected chi connectivity index (χ3v) is 2.12. The minimum absolute atomic E-state index is 0.487. The molecule has 1 rings (SSSR count). The van der Waals surface area contributed by atoms with E-state index < -0.39 is 0 Å². The Hall–Kier alpha value is -1.20. The number of aldehydes is 1. The molecule has 1 aromatic rings. The largest absolute Gasteiger partial charge is 0.297 e. The smallest absolute Gasteiger partial charge is 0.229 e. The Labute approximate surface area is 67.2 Å². The third kappa shape index (κ3) is 1.63. The van der Waals surface area contributed by atoms with Crippen molar-refractivity contribution in [3.8, 4) is 0 Å². The summed E-state index contributed by atoms with van der Waals surface area (Å²) in [6, 6.07) is 3.22. The van der Waals surface area contributed by atoms with E-state index in [1.807, 2.05) is 0 Å². The van der Waals surface area contributed by atoms with Crippen LogP contribution in [0.4, 0.5) is 5.00 Å².